The smallest absolute Gasteiger partial charge is 0.228 e. The summed E-state index contributed by atoms with van der Waals surface area (Å²) in [7, 11) is 0. The molecule has 1 aromatic heterocycles. The third-order valence-electron chi connectivity index (χ3n) is 1.90. The highest BCUT2D eigenvalue weighted by Gasteiger charge is 2.06. The molecule has 2 N–H and O–H groups in total. The Morgan fingerprint density at radius 2 is 2.20 bits per heavy atom. The van der Waals surface area contributed by atoms with Crippen LogP contribution in [-0.4, -0.2) is 5.16 Å². The molecule has 0 radical (unpaired) electrons. The first kappa shape index (κ1) is 9.51. The number of halogens is 1. The average Bonchev–Trinajstić information content (AvgIpc) is 2.63. The Morgan fingerprint density at radius 1 is 1.40 bits per heavy atom. The molecule has 0 saturated heterocycles. The molecule has 78 valence electrons. The summed E-state index contributed by atoms with van der Waals surface area (Å²) in [6.07, 6.45) is 1.44. The van der Waals surface area contributed by atoms with E-state index >= 15 is 0 Å². The Kier molecular flexibility index (Phi) is 2.53. The number of para-hydroxylation sites is 1. The second-order valence-corrected chi connectivity index (χ2v) is 2.93. The van der Waals surface area contributed by atoms with Crippen LogP contribution in [0.2, 0.25) is 0 Å². The Bertz CT molecular complexity index is 456. The van der Waals surface area contributed by atoms with Crippen LogP contribution < -0.4 is 10.5 Å². The number of anilines is 1. The van der Waals surface area contributed by atoms with Crippen LogP contribution in [0.4, 0.5) is 10.3 Å². The van der Waals surface area contributed by atoms with Gasteiger partial charge in [0.2, 0.25) is 5.88 Å². The summed E-state index contributed by atoms with van der Waals surface area (Å²) in [5.41, 5.74) is 6.04. The van der Waals surface area contributed by atoms with E-state index in [0.29, 0.717) is 5.56 Å². The highest BCUT2D eigenvalue weighted by molar-refractivity contribution is 5.33. The van der Waals surface area contributed by atoms with Gasteiger partial charge in [0.15, 0.2) is 11.6 Å². The Labute approximate surface area is 85.4 Å². The van der Waals surface area contributed by atoms with E-state index in [-0.39, 0.29) is 18.2 Å². The summed E-state index contributed by atoms with van der Waals surface area (Å²) in [6, 6.07) is 6.15. The lowest BCUT2D eigenvalue weighted by atomic mass is 10.3. The van der Waals surface area contributed by atoms with E-state index in [1.165, 1.54) is 12.3 Å². The largest absolute Gasteiger partial charge is 0.486 e. The van der Waals surface area contributed by atoms with Crippen LogP contribution in [0.1, 0.15) is 5.56 Å². The zero-order valence-electron chi connectivity index (χ0n) is 7.81. The van der Waals surface area contributed by atoms with Crippen LogP contribution in [0.5, 0.6) is 5.75 Å². The van der Waals surface area contributed by atoms with Crippen LogP contribution in [0.15, 0.2) is 35.0 Å². The predicted molar refractivity (Wildman–Crippen MR) is 51.6 cm³/mol. The molecule has 0 spiro atoms. The molecule has 2 rings (SSSR count). The molecule has 0 fully saturated rings. The van der Waals surface area contributed by atoms with Crippen LogP contribution >= 0.6 is 0 Å². The van der Waals surface area contributed by atoms with Crippen molar-refractivity contribution >= 4 is 5.88 Å². The van der Waals surface area contributed by atoms with E-state index in [1.807, 2.05) is 0 Å². The van der Waals surface area contributed by atoms with Crippen molar-refractivity contribution in [1.29, 1.82) is 0 Å². The van der Waals surface area contributed by atoms with Gasteiger partial charge in [-0.15, -0.1) is 0 Å². The number of nitrogens with two attached hydrogens (primary N) is 1. The van der Waals surface area contributed by atoms with Crippen LogP contribution in [0, 0.1) is 5.82 Å². The quantitative estimate of drug-likeness (QED) is 0.837. The van der Waals surface area contributed by atoms with E-state index in [0.717, 1.165) is 0 Å². The number of hydrogen-bond donors (Lipinski definition) is 1. The molecular weight excluding hydrogens is 199 g/mol. The zero-order chi connectivity index (χ0) is 10.7. The molecule has 1 heterocycles. The summed E-state index contributed by atoms with van der Waals surface area (Å²) >= 11 is 0. The zero-order valence-corrected chi connectivity index (χ0v) is 7.81. The molecule has 15 heavy (non-hydrogen) atoms. The fraction of sp³-hybridized carbons (Fsp3) is 0.100. The van der Waals surface area contributed by atoms with E-state index in [1.54, 1.807) is 18.2 Å². The van der Waals surface area contributed by atoms with Gasteiger partial charge in [-0.3, -0.25) is 0 Å². The molecule has 0 aliphatic carbocycles. The standard InChI is InChI=1S/C10H9FN2O2/c11-8-3-1-2-4-9(8)14-6-7-5-13-15-10(7)12/h1-5H,6,12H2. The third kappa shape index (κ3) is 2.07. The van der Waals surface area contributed by atoms with Crippen molar-refractivity contribution < 1.29 is 13.7 Å². The fourth-order valence-corrected chi connectivity index (χ4v) is 1.09. The van der Waals surface area contributed by atoms with Gasteiger partial charge in [0.05, 0.1) is 11.8 Å². The van der Waals surface area contributed by atoms with Crippen molar-refractivity contribution in [3.05, 3.63) is 41.8 Å². The SMILES string of the molecule is Nc1oncc1COc1ccccc1F. The second kappa shape index (κ2) is 4.00. The molecule has 0 atom stereocenters. The van der Waals surface area contributed by atoms with Crippen molar-refractivity contribution in [2.75, 3.05) is 5.73 Å². The fourth-order valence-electron chi connectivity index (χ4n) is 1.09. The van der Waals surface area contributed by atoms with Gasteiger partial charge in [-0.05, 0) is 12.1 Å². The maximum Gasteiger partial charge on any atom is 0.228 e. The van der Waals surface area contributed by atoms with Gasteiger partial charge in [-0.1, -0.05) is 17.3 Å². The molecular formula is C10H9FN2O2. The van der Waals surface area contributed by atoms with E-state index in [4.69, 9.17) is 10.5 Å². The lowest BCUT2D eigenvalue weighted by Crippen LogP contribution is -1.98. The summed E-state index contributed by atoms with van der Waals surface area (Å²) in [4.78, 5) is 0. The molecule has 1 aromatic carbocycles. The molecule has 2 aromatic rings. The number of nitrogen functional groups attached to an aromatic ring is 1. The van der Waals surface area contributed by atoms with Gasteiger partial charge in [0.1, 0.15) is 6.61 Å². The maximum atomic E-state index is 13.1. The van der Waals surface area contributed by atoms with E-state index in [9.17, 15) is 4.39 Å². The van der Waals surface area contributed by atoms with Crippen molar-refractivity contribution in [3.63, 3.8) is 0 Å². The maximum absolute atomic E-state index is 13.1. The third-order valence-corrected chi connectivity index (χ3v) is 1.90. The number of nitrogens with zero attached hydrogens (tertiary/aromatic N) is 1. The van der Waals surface area contributed by atoms with Gasteiger partial charge in [0.25, 0.3) is 0 Å². The molecule has 0 aliphatic rings. The first-order chi connectivity index (χ1) is 7.27. The number of rotatable bonds is 3. The molecule has 0 aliphatic heterocycles. The van der Waals surface area contributed by atoms with Crippen molar-refractivity contribution in [3.8, 4) is 5.75 Å². The number of hydrogen-bond acceptors (Lipinski definition) is 4. The van der Waals surface area contributed by atoms with Gasteiger partial charge in [0, 0.05) is 0 Å². The lowest BCUT2D eigenvalue weighted by molar-refractivity contribution is 0.290. The number of ether oxygens (including phenoxy) is 1. The van der Waals surface area contributed by atoms with Gasteiger partial charge in [-0.25, -0.2) is 4.39 Å². The minimum Gasteiger partial charge on any atom is -0.486 e. The van der Waals surface area contributed by atoms with Crippen molar-refractivity contribution in [1.82, 2.24) is 5.16 Å². The lowest BCUT2D eigenvalue weighted by Gasteiger charge is -2.04. The Balaban J connectivity index is 2.06. The molecule has 0 bridgehead atoms. The molecule has 0 unspecified atom stereocenters. The second-order valence-electron chi connectivity index (χ2n) is 2.93. The number of benzene rings is 1. The first-order valence-electron chi connectivity index (χ1n) is 4.33. The molecule has 4 nitrogen and oxygen atoms in total. The minimum absolute atomic E-state index is 0.135. The first-order valence-corrected chi connectivity index (χ1v) is 4.33. The topological polar surface area (TPSA) is 61.3 Å². The predicted octanol–water partition coefficient (Wildman–Crippen LogP) is 1.97. The highest BCUT2D eigenvalue weighted by Crippen LogP contribution is 2.18. The summed E-state index contributed by atoms with van der Waals surface area (Å²) < 4.78 is 23.0. The van der Waals surface area contributed by atoms with E-state index in [2.05, 4.69) is 9.68 Å². The summed E-state index contributed by atoms with van der Waals surface area (Å²) in [5.74, 6) is -0.0445. The Morgan fingerprint density at radius 3 is 2.87 bits per heavy atom. The van der Waals surface area contributed by atoms with Crippen LogP contribution in [0.25, 0.3) is 0 Å². The average molecular weight is 208 g/mol. The minimum atomic E-state index is -0.410. The van der Waals surface area contributed by atoms with Crippen LogP contribution in [-0.2, 0) is 6.61 Å². The Hall–Kier alpha value is -2.04. The number of aromatic nitrogens is 1. The van der Waals surface area contributed by atoms with Gasteiger partial charge >= 0.3 is 0 Å². The highest BCUT2D eigenvalue weighted by atomic mass is 19.1. The summed E-state index contributed by atoms with van der Waals surface area (Å²) in [5, 5.41) is 3.48. The van der Waals surface area contributed by atoms with Crippen molar-refractivity contribution in [2.24, 2.45) is 0 Å². The molecule has 5 heteroatoms. The van der Waals surface area contributed by atoms with Crippen LogP contribution in [0.3, 0.4) is 0 Å². The molecule has 0 saturated carbocycles. The monoisotopic (exact) mass is 208 g/mol. The van der Waals surface area contributed by atoms with Gasteiger partial charge in [-0.2, -0.15) is 0 Å². The van der Waals surface area contributed by atoms with E-state index < -0.39 is 5.82 Å². The van der Waals surface area contributed by atoms with Gasteiger partial charge < -0.3 is 15.0 Å². The van der Waals surface area contributed by atoms with Crippen molar-refractivity contribution in [2.45, 2.75) is 6.61 Å². The summed E-state index contributed by atoms with van der Waals surface area (Å²) in [6.45, 7) is 0.135. The normalized spacial score (nSPS) is 10.2. The molecule has 0 amide bonds.